The molecule has 104 valence electrons. The number of hydrogen-bond acceptors (Lipinski definition) is 3. The average molecular weight is 270 g/mol. The molecule has 0 saturated carbocycles. The lowest BCUT2D eigenvalue weighted by atomic mass is 10.0. The zero-order valence-electron chi connectivity index (χ0n) is 11.7. The fourth-order valence-electron chi connectivity index (χ4n) is 2.85. The van der Waals surface area contributed by atoms with Gasteiger partial charge < -0.3 is 10.0 Å². The number of para-hydroxylation sites is 1. The van der Waals surface area contributed by atoms with Gasteiger partial charge in [0, 0.05) is 24.2 Å². The van der Waals surface area contributed by atoms with Crippen LogP contribution < -0.4 is 4.90 Å². The molecule has 20 heavy (non-hydrogen) atoms. The highest BCUT2D eigenvalue weighted by Gasteiger charge is 2.27. The first kappa shape index (κ1) is 12.9. The summed E-state index contributed by atoms with van der Waals surface area (Å²) in [5.74, 6) is 0.266. The summed E-state index contributed by atoms with van der Waals surface area (Å²) < 4.78 is 0. The van der Waals surface area contributed by atoms with Gasteiger partial charge in [0.1, 0.15) is 0 Å². The van der Waals surface area contributed by atoms with Crippen LogP contribution in [0.5, 0.6) is 0 Å². The predicted octanol–water partition coefficient (Wildman–Crippen LogP) is 3.03. The number of carboxylic acids is 1. The Labute approximate surface area is 118 Å². The molecule has 0 spiro atoms. The van der Waals surface area contributed by atoms with Crippen molar-refractivity contribution in [2.24, 2.45) is 11.8 Å². The summed E-state index contributed by atoms with van der Waals surface area (Å²) in [7, 11) is 0. The number of carbonyl (C=O) groups is 1. The highest BCUT2D eigenvalue weighted by molar-refractivity contribution is 5.97. The van der Waals surface area contributed by atoms with Crippen molar-refractivity contribution in [3.8, 4) is 0 Å². The lowest BCUT2D eigenvalue weighted by Gasteiger charge is -2.21. The Balaban J connectivity index is 2.15. The van der Waals surface area contributed by atoms with E-state index in [0.29, 0.717) is 11.8 Å². The molecule has 2 atom stereocenters. The first-order chi connectivity index (χ1) is 9.56. The molecule has 2 unspecified atom stereocenters. The fourth-order valence-corrected chi connectivity index (χ4v) is 2.85. The standard InChI is InChI=1S/C16H18N2O2/c1-10-8-18(9-11(10)2)15-7-14(16(19)20)17-13-6-4-3-5-12(13)15/h3-7,10-11H,8-9H2,1-2H3,(H,19,20). The number of aromatic nitrogens is 1. The Morgan fingerprint density at radius 3 is 2.55 bits per heavy atom. The maximum Gasteiger partial charge on any atom is 0.354 e. The van der Waals surface area contributed by atoms with E-state index in [9.17, 15) is 9.90 Å². The molecule has 1 N–H and O–H groups in total. The third-order valence-electron chi connectivity index (χ3n) is 4.24. The van der Waals surface area contributed by atoms with Crippen molar-refractivity contribution >= 4 is 22.6 Å². The number of anilines is 1. The van der Waals surface area contributed by atoms with Gasteiger partial charge in [-0.2, -0.15) is 0 Å². The van der Waals surface area contributed by atoms with Gasteiger partial charge in [-0.1, -0.05) is 32.0 Å². The summed E-state index contributed by atoms with van der Waals surface area (Å²) in [5, 5.41) is 10.3. The first-order valence-electron chi connectivity index (χ1n) is 6.94. The molecule has 0 amide bonds. The fraction of sp³-hybridized carbons (Fsp3) is 0.375. The molecule has 3 rings (SSSR count). The van der Waals surface area contributed by atoms with E-state index in [1.54, 1.807) is 6.07 Å². The van der Waals surface area contributed by atoms with Gasteiger partial charge in [-0.15, -0.1) is 0 Å². The first-order valence-corrected chi connectivity index (χ1v) is 6.94. The number of aromatic carboxylic acids is 1. The lowest BCUT2D eigenvalue weighted by molar-refractivity contribution is 0.0691. The van der Waals surface area contributed by atoms with Gasteiger partial charge in [-0.25, -0.2) is 9.78 Å². The van der Waals surface area contributed by atoms with Crippen LogP contribution in [0.2, 0.25) is 0 Å². The zero-order valence-corrected chi connectivity index (χ0v) is 11.7. The van der Waals surface area contributed by atoms with E-state index in [0.717, 1.165) is 29.7 Å². The Hall–Kier alpha value is -2.10. The van der Waals surface area contributed by atoms with Crippen LogP contribution in [-0.2, 0) is 0 Å². The molecule has 2 aromatic rings. The van der Waals surface area contributed by atoms with E-state index in [1.165, 1.54) is 0 Å². The molecule has 2 heterocycles. The van der Waals surface area contributed by atoms with E-state index < -0.39 is 5.97 Å². The minimum absolute atomic E-state index is 0.117. The molecule has 1 saturated heterocycles. The van der Waals surface area contributed by atoms with Crippen molar-refractivity contribution in [1.29, 1.82) is 0 Å². The molecular formula is C16H18N2O2. The number of benzene rings is 1. The van der Waals surface area contributed by atoms with Gasteiger partial charge in [-0.05, 0) is 24.0 Å². The smallest absolute Gasteiger partial charge is 0.354 e. The van der Waals surface area contributed by atoms with Crippen molar-refractivity contribution < 1.29 is 9.90 Å². The number of nitrogens with zero attached hydrogens (tertiary/aromatic N) is 2. The molecule has 1 aromatic heterocycles. The van der Waals surface area contributed by atoms with Crippen LogP contribution in [0.4, 0.5) is 5.69 Å². The second-order valence-electron chi connectivity index (χ2n) is 5.71. The highest BCUT2D eigenvalue weighted by Crippen LogP contribution is 2.33. The lowest BCUT2D eigenvalue weighted by Crippen LogP contribution is -2.20. The van der Waals surface area contributed by atoms with Gasteiger partial charge in [0.2, 0.25) is 0 Å². The van der Waals surface area contributed by atoms with E-state index in [4.69, 9.17) is 0 Å². The quantitative estimate of drug-likeness (QED) is 0.911. The van der Waals surface area contributed by atoms with Crippen molar-refractivity contribution in [2.45, 2.75) is 13.8 Å². The maximum absolute atomic E-state index is 11.3. The molecule has 1 aromatic carbocycles. The van der Waals surface area contributed by atoms with Gasteiger partial charge >= 0.3 is 5.97 Å². The van der Waals surface area contributed by atoms with Crippen molar-refractivity contribution in [3.05, 3.63) is 36.0 Å². The highest BCUT2D eigenvalue weighted by atomic mass is 16.4. The van der Waals surface area contributed by atoms with Crippen molar-refractivity contribution in [3.63, 3.8) is 0 Å². The Morgan fingerprint density at radius 1 is 1.25 bits per heavy atom. The second-order valence-corrected chi connectivity index (χ2v) is 5.71. The summed E-state index contributed by atoms with van der Waals surface area (Å²) in [5.41, 5.74) is 1.85. The largest absolute Gasteiger partial charge is 0.477 e. The molecule has 0 bridgehead atoms. The molecule has 4 nitrogen and oxygen atoms in total. The summed E-state index contributed by atoms with van der Waals surface area (Å²) in [6, 6.07) is 9.44. The van der Waals surface area contributed by atoms with Crippen LogP contribution in [0.15, 0.2) is 30.3 Å². The minimum Gasteiger partial charge on any atom is -0.477 e. The van der Waals surface area contributed by atoms with Crippen molar-refractivity contribution in [1.82, 2.24) is 4.98 Å². The topological polar surface area (TPSA) is 53.4 Å². The van der Waals surface area contributed by atoms with Crippen LogP contribution in [0, 0.1) is 11.8 Å². The SMILES string of the molecule is CC1CN(c2cc(C(=O)O)nc3ccccc23)CC1C. The van der Waals surface area contributed by atoms with E-state index in [2.05, 4.69) is 23.7 Å². The van der Waals surface area contributed by atoms with E-state index in [1.807, 2.05) is 24.3 Å². The van der Waals surface area contributed by atoms with Gasteiger partial charge in [0.25, 0.3) is 0 Å². The Kier molecular flexibility index (Phi) is 3.08. The molecular weight excluding hydrogens is 252 g/mol. The van der Waals surface area contributed by atoms with Gasteiger partial charge in [0.05, 0.1) is 5.52 Å². The number of fused-ring (bicyclic) bond motifs is 1. The molecule has 1 aliphatic heterocycles. The molecule has 1 fully saturated rings. The zero-order chi connectivity index (χ0) is 14.3. The summed E-state index contributed by atoms with van der Waals surface area (Å²) in [6.45, 7) is 6.42. The van der Waals surface area contributed by atoms with E-state index in [-0.39, 0.29) is 5.69 Å². The normalized spacial score (nSPS) is 22.4. The van der Waals surface area contributed by atoms with Crippen LogP contribution >= 0.6 is 0 Å². The predicted molar refractivity (Wildman–Crippen MR) is 79.2 cm³/mol. The van der Waals surface area contributed by atoms with Crippen molar-refractivity contribution in [2.75, 3.05) is 18.0 Å². The Morgan fingerprint density at radius 2 is 1.90 bits per heavy atom. The second kappa shape index (κ2) is 4.78. The van der Waals surface area contributed by atoms with Crippen LogP contribution in [0.3, 0.4) is 0 Å². The Bertz CT molecular complexity index is 659. The number of rotatable bonds is 2. The summed E-state index contributed by atoms with van der Waals surface area (Å²) in [6.07, 6.45) is 0. The average Bonchev–Trinajstić information content (AvgIpc) is 2.77. The monoisotopic (exact) mass is 270 g/mol. The number of carboxylic acid groups (broad SMARTS) is 1. The van der Waals surface area contributed by atoms with Crippen LogP contribution in [0.1, 0.15) is 24.3 Å². The molecule has 4 heteroatoms. The molecule has 1 aliphatic rings. The number of pyridine rings is 1. The summed E-state index contributed by atoms with van der Waals surface area (Å²) in [4.78, 5) is 17.8. The van der Waals surface area contributed by atoms with Crippen LogP contribution in [-0.4, -0.2) is 29.1 Å². The van der Waals surface area contributed by atoms with E-state index >= 15 is 0 Å². The van der Waals surface area contributed by atoms with Crippen LogP contribution in [0.25, 0.3) is 10.9 Å². The van der Waals surface area contributed by atoms with Gasteiger partial charge in [-0.3, -0.25) is 0 Å². The minimum atomic E-state index is -0.975. The third-order valence-corrected chi connectivity index (χ3v) is 4.24. The summed E-state index contributed by atoms with van der Waals surface area (Å²) >= 11 is 0. The molecule has 0 aliphatic carbocycles. The van der Waals surface area contributed by atoms with Gasteiger partial charge in [0.15, 0.2) is 5.69 Å². The maximum atomic E-state index is 11.3. The third kappa shape index (κ3) is 2.11. The molecule has 0 radical (unpaired) electrons. The number of hydrogen-bond donors (Lipinski definition) is 1.